The van der Waals surface area contributed by atoms with Gasteiger partial charge in [-0.15, -0.1) is 0 Å². The molecule has 1 aromatic carbocycles. The van der Waals surface area contributed by atoms with Crippen molar-refractivity contribution in [2.45, 2.75) is 53.0 Å². The van der Waals surface area contributed by atoms with Crippen LogP contribution in [0.15, 0.2) is 24.3 Å². The van der Waals surface area contributed by atoms with Crippen LogP contribution < -0.4 is 5.32 Å². The molecule has 1 amide bonds. The summed E-state index contributed by atoms with van der Waals surface area (Å²) in [5.41, 5.74) is 1.08. The Morgan fingerprint density at radius 2 is 1.95 bits per heavy atom. The van der Waals surface area contributed by atoms with E-state index in [1.807, 2.05) is 19.1 Å². The first kappa shape index (κ1) is 15.9. The number of hydrogen-bond acceptors (Lipinski definition) is 2. The third-order valence-electron chi connectivity index (χ3n) is 4.93. The maximum Gasteiger partial charge on any atom is 0.224 e. The SMILES string of the molecule is CC(NC(=O)[C@H]1[C@H](C)CCCC1(C)C)c1ccc(O)cc1. The number of benzene rings is 1. The number of hydrogen-bond donors (Lipinski definition) is 2. The predicted molar refractivity (Wildman–Crippen MR) is 85.0 cm³/mol. The van der Waals surface area contributed by atoms with Gasteiger partial charge in [-0.05, 0) is 48.8 Å². The summed E-state index contributed by atoms with van der Waals surface area (Å²) in [5, 5.41) is 12.5. The Bertz CT molecular complexity index is 492. The molecule has 0 aliphatic heterocycles. The van der Waals surface area contributed by atoms with Gasteiger partial charge >= 0.3 is 0 Å². The summed E-state index contributed by atoms with van der Waals surface area (Å²) in [6.07, 6.45) is 3.46. The van der Waals surface area contributed by atoms with E-state index in [4.69, 9.17) is 0 Å². The van der Waals surface area contributed by atoms with E-state index >= 15 is 0 Å². The van der Waals surface area contributed by atoms with E-state index in [0.717, 1.165) is 18.4 Å². The van der Waals surface area contributed by atoms with Gasteiger partial charge in [-0.25, -0.2) is 0 Å². The van der Waals surface area contributed by atoms with Crippen molar-refractivity contribution in [2.24, 2.45) is 17.3 Å². The van der Waals surface area contributed by atoms with Crippen molar-refractivity contribution >= 4 is 5.91 Å². The third-order valence-corrected chi connectivity index (χ3v) is 4.93. The van der Waals surface area contributed by atoms with Gasteiger partial charge in [-0.1, -0.05) is 39.3 Å². The Morgan fingerprint density at radius 3 is 2.52 bits per heavy atom. The third kappa shape index (κ3) is 3.58. The van der Waals surface area contributed by atoms with Crippen LogP contribution in [-0.2, 0) is 4.79 Å². The lowest BCUT2D eigenvalue weighted by molar-refractivity contribution is -0.133. The molecule has 1 aromatic rings. The molecule has 0 bridgehead atoms. The summed E-state index contributed by atoms with van der Waals surface area (Å²) >= 11 is 0. The zero-order valence-electron chi connectivity index (χ0n) is 13.5. The minimum absolute atomic E-state index is 0.0389. The van der Waals surface area contributed by atoms with Gasteiger partial charge in [-0.2, -0.15) is 0 Å². The lowest BCUT2D eigenvalue weighted by atomic mass is 9.64. The highest BCUT2D eigenvalue weighted by Gasteiger charge is 2.41. The lowest BCUT2D eigenvalue weighted by Gasteiger charge is -2.42. The van der Waals surface area contributed by atoms with Gasteiger partial charge in [0.2, 0.25) is 5.91 Å². The van der Waals surface area contributed by atoms with Crippen molar-refractivity contribution < 1.29 is 9.90 Å². The second-order valence-electron chi connectivity index (χ2n) is 7.16. The molecule has 2 N–H and O–H groups in total. The molecule has 0 aromatic heterocycles. The van der Waals surface area contributed by atoms with Gasteiger partial charge in [-0.3, -0.25) is 4.79 Å². The predicted octanol–water partition coefficient (Wildman–Crippen LogP) is 4.03. The lowest BCUT2D eigenvalue weighted by Crippen LogP contribution is -2.45. The monoisotopic (exact) mass is 289 g/mol. The molecule has 21 heavy (non-hydrogen) atoms. The van der Waals surface area contributed by atoms with E-state index < -0.39 is 0 Å². The average Bonchev–Trinajstić information content (AvgIpc) is 2.37. The molecule has 1 fully saturated rings. The van der Waals surface area contributed by atoms with Crippen LogP contribution in [0.4, 0.5) is 0 Å². The van der Waals surface area contributed by atoms with Gasteiger partial charge < -0.3 is 10.4 Å². The average molecular weight is 289 g/mol. The number of phenolic OH excluding ortho intramolecular Hbond substituents is 1. The first-order valence-corrected chi connectivity index (χ1v) is 7.90. The molecule has 1 aliphatic rings. The Morgan fingerprint density at radius 1 is 1.33 bits per heavy atom. The molecule has 2 rings (SSSR count). The molecular formula is C18H27NO2. The first-order valence-electron chi connectivity index (χ1n) is 7.90. The molecule has 3 atom stereocenters. The van der Waals surface area contributed by atoms with Crippen LogP contribution in [0.1, 0.15) is 58.6 Å². The van der Waals surface area contributed by atoms with Crippen LogP contribution in [0, 0.1) is 17.3 Å². The fourth-order valence-electron chi connectivity index (χ4n) is 3.73. The van der Waals surface area contributed by atoms with Gasteiger partial charge in [0, 0.05) is 5.92 Å². The van der Waals surface area contributed by atoms with Crippen molar-refractivity contribution in [2.75, 3.05) is 0 Å². The minimum Gasteiger partial charge on any atom is -0.508 e. The number of phenols is 1. The van der Waals surface area contributed by atoms with Gasteiger partial charge in [0.15, 0.2) is 0 Å². The molecule has 1 saturated carbocycles. The smallest absolute Gasteiger partial charge is 0.224 e. The summed E-state index contributed by atoms with van der Waals surface area (Å²) in [7, 11) is 0. The molecule has 0 heterocycles. The standard InChI is InChI=1S/C18H27NO2/c1-12-6-5-11-18(3,4)16(12)17(21)19-13(2)14-7-9-15(20)10-8-14/h7-10,12-13,16,20H,5-6,11H2,1-4H3,(H,19,21)/t12-,13?,16-/m1/s1. The Kier molecular flexibility index (Phi) is 4.60. The number of amides is 1. The van der Waals surface area contributed by atoms with Crippen LogP contribution >= 0.6 is 0 Å². The number of carbonyl (C=O) groups is 1. The molecular weight excluding hydrogens is 262 g/mol. The van der Waals surface area contributed by atoms with E-state index in [9.17, 15) is 9.90 Å². The zero-order valence-corrected chi connectivity index (χ0v) is 13.5. The largest absolute Gasteiger partial charge is 0.508 e. The van der Waals surface area contributed by atoms with Crippen molar-refractivity contribution in [1.82, 2.24) is 5.32 Å². The highest BCUT2D eigenvalue weighted by atomic mass is 16.3. The number of carbonyl (C=O) groups excluding carboxylic acids is 1. The molecule has 1 unspecified atom stereocenters. The fourth-order valence-corrected chi connectivity index (χ4v) is 3.73. The summed E-state index contributed by atoms with van der Waals surface area (Å²) in [4.78, 5) is 12.7. The van der Waals surface area contributed by atoms with E-state index in [0.29, 0.717) is 5.92 Å². The Labute approximate surface area is 127 Å². The van der Waals surface area contributed by atoms with Crippen LogP contribution in [0.25, 0.3) is 0 Å². The highest BCUT2D eigenvalue weighted by Crippen LogP contribution is 2.44. The molecule has 1 aliphatic carbocycles. The van der Waals surface area contributed by atoms with E-state index in [1.54, 1.807) is 12.1 Å². The van der Waals surface area contributed by atoms with Crippen molar-refractivity contribution in [3.8, 4) is 5.75 Å². The molecule has 0 radical (unpaired) electrons. The molecule has 0 saturated heterocycles. The van der Waals surface area contributed by atoms with Crippen molar-refractivity contribution in [3.05, 3.63) is 29.8 Å². The van der Waals surface area contributed by atoms with Gasteiger partial charge in [0.1, 0.15) is 5.75 Å². The Hall–Kier alpha value is -1.51. The minimum atomic E-state index is -0.0389. The quantitative estimate of drug-likeness (QED) is 0.882. The summed E-state index contributed by atoms with van der Waals surface area (Å²) in [6, 6.07) is 6.99. The second-order valence-corrected chi connectivity index (χ2v) is 7.16. The van der Waals surface area contributed by atoms with E-state index in [1.165, 1.54) is 6.42 Å². The summed E-state index contributed by atoms with van der Waals surface area (Å²) in [6.45, 7) is 8.59. The number of nitrogens with one attached hydrogen (secondary N) is 1. The van der Waals surface area contributed by atoms with Gasteiger partial charge in [0.25, 0.3) is 0 Å². The zero-order chi connectivity index (χ0) is 15.6. The fraction of sp³-hybridized carbons (Fsp3) is 0.611. The molecule has 3 nitrogen and oxygen atoms in total. The summed E-state index contributed by atoms with van der Waals surface area (Å²) < 4.78 is 0. The van der Waals surface area contributed by atoms with Crippen LogP contribution in [0.5, 0.6) is 5.75 Å². The molecule has 116 valence electrons. The van der Waals surface area contributed by atoms with Crippen LogP contribution in [0.3, 0.4) is 0 Å². The normalized spacial score (nSPS) is 26.1. The van der Waals surface area contributed by atoms with Crippen molar-refractivity contribution in [1.29, 1.82) is 0 Å². The number of aromatic hydroxyl groups is 1. The maximum atomic E-state index is 12.7. The highest BCUT2D eigenvalue weighted by molar-refractivity contribution is 5.80. The van der Waals surface area contributed by atoms with Crippen LogP contribution in [-0.4, -0.2) is 11.0 Å². The topological polar surface area (TPSA) is 49.3 Å². The van der Waals surface area contributed by atoms with E-state index in [2.05, 4.69) is 26.1 Å². The van der Waals surface area contributed by atoms with E-state index in [-0.39, 0.29) is 29.0 Å². The summed E-state index contributed by atoms with van der Waals surface area (Å²) in [5.74, 6) is 0.915. The number of rotatable bonds is 3. The van der Waals surface area contributed by atoms with Crippen molar-refractivity contribution in [3.63, 3.8) is 0 Å². The second kappa shape index (κ2) is 6.08. The first-order chi connectivity index (χ1) is 9.81. The molecule has 0 spiro atoms. The molecule has 3 heteroatoms. The van der Waals surface area contributed by atoms with Gasteiger partial charge in [0.05, 0.1) is 6.04 Å². The maximum absolute atomic E-state index is 12.7. The Balaban J connectivity index is 2.07. The van der Waals surface area contributed by atoms with Crippen LogP contribution in [0.2, 0.25) is 0 Å².